The van der Waals surface area contributed by atoms with Gasteiger partial charge in [0.25, 0.3) is 5.56 Å². The van der Waals surface area contributed by atoms with Crippen LogP contribution < -0.4 is 10.9 Å². The lowest BCUT2D eigenvalue weighted by Crippen LogP contribution is -2.38. The molecular formula is C30H34ClN9O3. The normalized spacial score (nSPS) is 14.9. The van der Waals surface area contributed by atoms with Crippen LogP contribution in [0.2, 0.25) is 5.15 Å². The molecule has 0 radical (unpaired) electrons. The van der Waals surface area contributed by atoms with Gasteiger partial charge in [-0.3, -0.25) is 18.4 Å². The number of imidazole rings is 1. The number of benzene rings is 1. The first-order valence-electron chi connectivity index (χ1n) is 14.4. The number of amides is 1. The van der Waals surface area contributed by atoms with Crippen LogP contribution >= 0.6 is 11.6 Å². The van der Waals surface area contributed by atoms with Crippen molar-refractivity contribution in [1.29, 1.82) is 0 Å². The first-order chi connectivity index (χ1) is 20.7. The molecule has 0 bridgehead atoms. The van der Waals surface area contributed by atoms with Crippen LogP contribution in [0, 0.1) is 6.92 Å². The molecule has 0 aliphatic carbocycles. The quantitative estimate of drug-likeness (QED) is 0.273. The monoisotopic (exact) mass is 603 g/mol. The number of nitrogens with zero attached hydrogens (tertiary/aromatic N) is 8. The first-order valence-corrected chi connectivity index (χ1v) is 14.7. The number of fused-ring (bicyclic) bond motifs is 3. The van der Waals surface area contributed by atoms with Crippen LogP contribution in [0.15, 0.2) is 41.7 Å². The topological polar surface area (TPSA) is 124 Å². The summed E-state index contributed by atoms with van der Waals surface area (Å²) in [5, 5.41) is 8.94. The van der Waals surface area contributed by atoms with Crippen molar-refractivity contribution < 1.29 is 9.53 Å². The number of anilines is 1. The Bertz CT molecular complexity index is 1900. The molecule has 1 aliphatic rings. The van der Waals surface area contributed by atoms with E-state index >= 15 is 0 Å². The first kappa shape index (κ1) is 28.7. The van der Waals surface area contributed by atoms with Gasteiger partial charge in [-0.25, -0.2) is 19.7 Å². The van der Waals surface area contributed by atoms with Gasteiger partial charge < -0.3 is 15.0 Å². The van der Waals surface area contributed by atoms with E-state index in [2.05, 4.69) is 26.4 Å². The number of carbonyl (C=O) groups excluding carboxylic acids is 1. The fraction of sp³-hybridized carbons (Fsp3) is 0.400. The Morgan fingerprint density at radius 3 is 2.63 bits per heavy atom. The SMILES string of the molecule is CCOC(=O)N1CCC(c2ncn3c4c(C(C)Nc5ccc(Cl)nc5-c5ncn(C)n5)cc(C)cc4c(=O)n(C)c23)CC1. The maximum Gasteiger partial charge on any atom is 0.409 e. The van der Waals surface area contributed by atoms with Gasteiger partial charge in [0.2, 0.25) is 5.82 Å². The summed E-state index contributed by atoms with van der Waals surface area (Å²) in [7, 11) is 3.59. The van der Waals surface area contributed by atoms with Crippen LogP contribution in [0.3, 0.4) is 0 Å². The highest BCUT2D eigenvalue weighted by Crippen LogP contribution is 2.34. The number of likely N-dealkylation sites (tertiary alicyclic amines) is 1. The lowest BCUT2D eigenvalue weighted by atomic mass is 9.93. The Morgan fingerprint density at radius 2 is 1.93 bits per heavy atom. The van der Waals surface area contributed by atoms with Crippen molar-refractivity contribution in [3.63, 3.8) is 0 Å². The Morgan fingerprint density at radius 1 is 1.16 bits per heavy atom. The minimum Gasteiger partial charge on any atom is -0.450 e. The molecule has 0 saturated carbocycles. The third-order valence-electron chi connectivity index (χ3n) is 8.07. The number of aryl methyl sites for hydroxylation is 3. The summed E-state index contributed by atoms with van der Waals surface area (Å²) >= 11 is 6.25. The number of rotatable bonds is 6. The molecule has 1 fully saturated rings. The summed E-state index contributed by atoms with van der Waals surface area (Å²) < 4.78 is 10.5. The van der Waals surface area contributed by atoms with Crippen LogP contribution in [0.4, 0.5) is 10.5 Å². The van der Waals surface area contributed by atoms with Gasteiger partial charge in [0.15, 0.2) is 0 Å². The molecule has 13 heteroatoms. The molecule has 5 aromatic rings. The third-order valence-corrected chi connectivity index (χ3v) is 8.28. The van der Waals surface area contributed by atoms with E-state index in [0.29, 0.717) is 41.8 Å². The summed E-state index contributed by atoms with van der Waals surface area (Å²) in [6.45, 7) is 7.36. The zero-order chi connectivity index (χ0) is 30.4. The maximum atomic E-state index is 13.8. The lowest BCUT2D eigenvalue weighted by Gasteiger charge is -2.30. The van der Waals surface area contributed by atoms with E-state index in [1.165, 1.54) is 0 Å². The molecule has 1 N–H and O–H groups in total. The third kappa shape index (κ3) is 5.20. The highest BCUT2D eigenvalue weighted by atomic mass is 35.5. The molecule has 6 rings (SSSR count). The van der Waals surface area contributed by atoms with Gasteiger partial charge in [0, 0.05) is 33.1 Å². The number of piperidine rings is 1. The van der Waals surface area contributed by atoms with Gasteiger partial charge in [0.05, 0.1) is 34.9 Å². The number of nitrogens with one attached hydrogen (secondary N) is 1. The van der Waals surface area contributed by atoms with Crippen molar-refractivity contribution in [2.45, 2.75) is 45.6 Å². The number of halogens is 1. The lowest BCUT2D eigenvalue weighted by molar-refractivity contribution is 0.0969. The van der Waals surface area contributed by atoms with E-state index in [1.54, 1.807) is 40.6 Å². The van der Waals surface area contributed by atoms with E-state index < -0.39 is 0 Å². The predicted molar refractivity (Wildman–Crippen MR) is 165 cm³/mol. The molecule has 5 heterocycles. The van der Waals surface area contributed by atoms with Crippen LogP contribution in [-0.2, 0) is 18.8 Å². The molecule has 4 aromatic heterocycles. The largest absolute Gasteiger partial charge is 0.450 e. The molecule has 1 atom stereocenters. The van der Waals surface area contributed by atoms with Crippen LogP contribution in [0.5, 0.6) is 0 Å². The van der Waals surface area contributed by atoms with E-state index in [1.807, 2.05) is 43.6 Å². The molecule has 43 heavy (non-hydrogen) atoms. The van der Waals surface area contributed by atoms with Gasteiger partial charge >= 0.3 is 6.09 Å². The highest BCUT2D eigenvalue weighted by molar-refractivity contribution is 6.29. The summed E-state index contributed by atoms with van der Waals surface area (Å²) in [6.07, 6.45) is 4.62. The van der Waals surface area contributed by atoms with Crippen LogP contribution in [-0.4, -0.2) is 64.4 Å². The smallest absolute Gasteiger partial charge is 0.409 e. The van der Waals surface area contributed by atoms with Crippen molar-refractivity contribution in [3.05, 3.63) is 69.2 Å². The molecule has 224 valence electrons. The van der Waals surface area contributed by atoms with Crippen molar-refractivity contribution in [1.82, 2.24) is 38.6 Å². The van der Waals surface area contributed by atoms with Gasteiger partial charge in [-0.1, -0.05) is 17.7 Å². The van der Waals surface area contributed by atoms with E-state index in [0.717, 1.165) is 46.5 Å². The van der Waals surface area contributed by atoms with Crippen molar-refractivity contribution in [2.75, 3.05) is 25.0 Å². The fourth-order valence-corrected chi connectivity index (χ4v) is 6.17. The average Bonchev–Trinajstić information content (AvgIpc) is 3.63. The number of ether oxygens (including phenoxy) is 1. The summed E-state index contributed by atoms with van der Waals surface area (Å²) in [5.41, 5.74) is 5.50. The maximum absolute atomic E-state index is 13.8. The molecule has 12 nitrogen and oxygen atoms in total. The Balaban J connectivity index is 1.42. The second kappa shape index (κ2) is 11.3. The number of hydrogen-bond donors (Lipinski definition) is 1. The molecule has 1 aromatic carbocycles. The van der Waals surface area contributed by atoms with Gasteiger partial charge in [-0.05, 0) is 62.9 Å². The van der Waals surface area contributed by atoms with Crippen molar-refractivity contribution >= 4 is 39.9 Å². The molecule has 0 spiro atoms. The summed E-state index contributed by atoms with van der Waals surface area (Å²) in [4.78, 5) is 41.5. The molecular weight excluding hydrogens is 570 g/mol. The zero-order valence-corrected chi connectivity index (χ0v) is 25.6. The van der Waals surface area contributed by atoms with Crippen molar-refractivity contribution in [2.24, 2.45) is 14.1 Å². The second-order valence-electron chi connectivity index (χ2n) is 11.0. The highest BCUT2D eigenvalue weighted by Gasteiger charge is 2.29. The van der Waals surface area contributed by atoms with E-state index in [9.17, 15) is 9.59 Å². The number of pyridine rings is 1. The second-order valence-corrected chi connectivity index (χ2v) is 11.4. The Labute approximate surface area is 253 Å². The molecule has 1 aliphatic heterocycles. The number of carbonyl (C=O) groups is 1. The number of hydrogen-bond acceptors (Lipinski definition) is 8. The predicted octanol–water partition coefficient (Wildman–Crippen LogP) is 4.85. The van der Waals surface area contributed by atoms with Crippen LogP contribution in [0.25, 0.3) is 28.1 Å². The Hall–Kier alpha value is -4.45. The van der Waals surface area contributed by atoms with Gasteiger partial charge in [-0.2, -0.15) is 0 Å². The molecule has 1 saturated heterocycles. The molecule has 1 amide bonds. The zero-order valence-electron chi connectivity index (χ0n) is 24.8. The van der Waals surface area contributed by atoms with Gasteiger partial charge in [-0.15, -0.1) is 5.10 Å². The summed E-state index contributed by atoms with van der Waals surface area (Å²) in [5.74, 6) is 0.565. The standard InChI is InChI=1S/C30H34ClN9O3/c1-6-43-30(42)39-11-9-19(10-12-39)24-28-38(5)29(41)21-14-17(2)13-20(26(21)40(28)16-32-24)18(3)34-22-7-8-23(31)35-25(22)27-33-15-37(4)36-27/h7-8,13-16,18-19,34H,6,9-12H2,1-5H3. The van der Waals surface area contributed by atoms with Gasteiger partial charge in [0.1, 0.15) is 29.1 Å². The van der Waals surface area contributed by atoms with E-state index in [4.69, 9.17) is 21.3 Å². The van der Waals surface area contributed by atoms with Crippen molar-refractivity contribution in [3.8, 4) is 11.5 Å². The Kier molecular flexibility index (Phi) is 7.55. The van der Waals surface area contributed by atoms with E-state index in [-0.39, 0.29) is 23.6 Å². The minimum atomic E-state index is -0.284. The molecule has 1 unspecified atom stereocenters. The number of aromatic nitrogens is 7. The summed E-state index contributed by atoms with van der Waals surface area (Å²) in [6, 6.07) is 7.38. The fourth-order valence-electron chi connectivity index (χ4n) is 6.02. The van der Waals surface area contributed by atoms with Crippen LogP contribution in [0.1, 0.15) is 55.5 Å². The average molecular weight is 604 g/mol. The minimum absolute atomic E-state index is 0.0862.